The van der Waals surface area contributed by atoms with E-state index in [9.17, 15) is 0 Å². The highest BCUT2D eigenvalue weighted by Crippen LogP contribution is 2.35. The second kappa shape index (κ2) is 5.19. The molecule has 1 nitrogen and oxygen atoms in total. The fourth-order valence-electron chi connectivity index (χ4n) is 1.88. The summed E-state index contributed by atoms with van der Waals surface area (Å²) in [6.45, 7) is 6.49. The lowest BCUT2D eigenvalue weighted by Gasteiger charge is -2.14. The van der Waals surface area contributed by atoms with Gasteiger partial charge in [0.1, 0.15) is 0 Å². The van der Waals surface area contributed by atoms with Crippen molar-refractivity contribution in [2.45, 2.75) is 33.1 Å². The number of benzene rings is 1. The fourth-order valence-corrected chi connectivity index (χ4v) is 2.87. The summed E-state index contributed by atoms with van der Waals surface area (Å²) in [4.78, 5) is 5.53. The molecule has 1 unspecified atom stereocenters. The zero-order valence-electron chi connectivity index (χ0n) is 10.3. The Hall–Kier alpha value is -0.860. The van der Waals surface area contributed by atoms with Crippen molar-refractivity contribution in [1.82, 2.24) is 4.98 Å². The SMILES string of the molecule is CCC(C)c1ccc(Cl)cc1-c1cnc(C)s1. The Morgan fingerprint density at radius 1 is 1.41 bits per heavy atom. The Morgan fingerprint density at radius 3 is 2.76 bits per heavy atom. The Bertz CT molecular complexity index is 519. The Kier molecular flexibility index (Phi) is 3.85. The monoisotopic (exact) mass is 265 g/mol. The van der Waals surface area contributed by atoms with Gasteiger partial charge in [-0.2, -0.15) is 0 Å². The summed E-state index contributed by atoms with van der Waals surface area (Å²) in [7, 11) is 0. The molecule has 2 aromatic rings. The van der Waals surface area contributed by atoms with Crippen LogP contribution in [-0.2, 0) is 0 Å². The molecular formula is C14H16ClNS. The number of thiazole rings is 1. The molecule has 1 atom stereocenters. The summed E-state index contributed by atoms with van der Waals surface area (Å²) >= 11 is 7.83. The van der Waals surface area contributed by atoms with Crippen molar-refractivity contribution >= 4 is 22.9 Å². The largest absolute Gasteiger partial charge is 0.249 e. The summed E-state index contributed by atoms with van der Waals surface area (Å²) in [5, 5.41) is 1.88. The first kappa shape index (κ1) is 12.6. The lowest BCUT2D eigenvalue weighted by Crippen LogP contribution is -1.94. The van der Waals surface area contributed by atoms with Crippen molar-refractivity contribution in [3.63, 3.8) is 0 Å². The third kappa shape index (κ3) is 2.70. The molecule has 0 spiro atoms. The molecule has 0 bridgehead atoms. The van der Waals surface area contributed by atoms with Gasteiger partial charge in [0.2, 0.25) is 0 Å². The van der Waals surface area contributed by atoms with Crippen LogP contribution in [0, 0.1) is 6.92 Å². The second-order valence-corrected chi connectivity index (χ2v) is 5.96. The third-order valence-corrected chi connectivity index (χ3v) is 4.23. The Morgan fingerprint density at radius 2 is 2.18 bits per heavy atom. The van der Waals surface area contributed by atoms with E-state index in [2.05, 4.69) is 31.0 Å². The first-order chi connectivity index (χ1) is 8.11. The molecule has 1 heterocycles. The number of hydrogen-bond donors (Lipinski definition) is 0. The van der Waals surface area contributed by atoms with Crippen LogP contribution in [0.3, 0.4) is 0 Å². The van der Waals surface area contributed by atoms with Gasteiger partial charge in [-0.1, -0.05) is 31.5 Å². The normalized spacial score (nSPS) is 12.7. The molecule has 17 heavy (non-hydrogen) atoms. The van der Waals surface area contributed by atoms with E-state index in [1.54, 1.807) is 11.3 Å². The minimum atomic E-state index is 0.546. The highest BCUT2D eigenvalue weighted by Gasteiger charge is 2.13. The van der Waals surface area contributed by atoms with E-state index in [1.807, 2.05) is 19.2 Å². The maximum absolute atomic E-state index is 6.11. The van der Waals surface area contributed by atoms with Crippen LogP contribution in [0.15, 0.2) is 24.4 Å². The number of nitrogens with zero attached hydrogens (tertiary/aromatic N) is 1. The average molecular weight is 266 g/mol. The van der Waals surface area contributed by atoms with E-state index < -0.39 is 0 Å². The molecular weight excluding hydrogens is 250 g/mol. The Labute approximate surface area is 111 Å². The summed E-state index contributed by atoms with van der Waals surface area (Å²) in [5.41, 5.74) is 2.60. The molecule has 0 radical (unpaired) electrons. The quantitative estimate of drug-likeness (QED) is 0.735. The van der Waals surface area contributed by atoms with Crippen molar-refractivity contribution in [3.05, 3.63) is 40.0 Å². The van der Waals surface area contributed by atoms with E-state index >= 15 is 0 Å². The van der Waals surface area contributed by atoms with Gasteiger partial charge >= 0.3 is 0 Å². The van der Waals surface area contributed by atoms with Gasteiger partial charge in [-0.3, -0.25) is 0 Å². The van der Waals surface area contributed by atoms with E-state index in [4.69, 9.17) is 11.6 Å². The van der Waals surface area contributed by atoms with Crippen LogP contribution < -0.4 is 0 Å². The van der Waals surface area contributed by atoms with Crippen LogP contribution >= 0.6 is 22.9 Å². The van der Waals surface area contributed by atoms with Crippen LogP contribution in [0.4, 0.5) is 0 Å². The topological polar surface area (TPSA) is 12.9 Å². The maximum atomic E-state index is 6.11. The molecule has 3 heteroatoms. The van der Waals surface area contributed by atoms with Gasteiger partial charge in [-0.15, -0.1) is 11.3 Å². The standard InChI is InChI=1S/C14H16ClNS/c1-4-9(2)12-6-5-11(15)7-13(12)14-8-16-10(3)17-14/h5-9H,4H2,1-3H3. The van der Waals surface area contributed by atoms with Crippen LogP contribution in [0.5, 0.6) is 0 Å². The number of halogens is 1. The fraction of sp³-hybridized carbons (Fsp3) is 0.357. The minimum absolute atomic E-state index is 0.546. The van der Waals surface area contributed by atoms with E-state index in [1.165, 1.54) is 16.0 Å². The summed E-state index contributed by atoms with van der Waals surface area (Å²) in [5.74, 6) is 0.546. The van der Waals surface area contributed by atoms with Gasteiger partial charge < -0.3 is 0 Å². The Balaban J connectivity index is 2.54. The van der Waals surface area contributed by atoms with E-state index in [0.717, 1.165) is 16.5 Å². The highest BCUT2D eigenvalue weighted by molar-refractivity contribution is 7.15. The first-order valence-corrected chi connectivity index (χ1v) is 7.03. The summed E-state index contributed by atoms with van der Waals surface area (Å²) in [6, 6.07) is 6.16. The molecule has 0 aliphatic rings. The smallest absolute Gasteiger partial charge is 0.0900 e. The first-order valence-electron chi connectivity index (χ1n) is 5.84. The van der Waals surface area contributed by atoms with E-state index in [-0.39, 0.29) is 0 Å². The summed E-state index contributed by atoms with van der Waals surface area (Å²) < 4.78 is 0. The lowest BCUT2D eigenvalue weighted by molar-refractivity contribution is 0.735. The number of aryl methyl sites for hydroxylation is 1. The molecule has 1 aromatic carbocycles. The van der Waals surface area contributed by atoms with Crippen molar-refractivity contribution in [3.8, 4) is 10.4 Å². The molecule has 0 fully saturated rings. The summed E-state index contributed by atoms with van der Waals surface area (Å²) in [6.07, 6.45) is 3.07. The molecule has 0 amide bonds. The lowest BCUT2D eigenvalue weighted by atomic mass is 9.93. The number of hydrogen-bond acceptors (Lipinski definition) is 2. The number of aromatic nitrogens is 1. The molecule has 0 N–H and O–H groups in total. The highest BCUT2D eigenvalue weighted by atomic mass is 35.5. The molecule has 0 saturated heterocycles. The zero-order chi connectivity index (χ0) is 12.4. The van der Waals surface area contributed by atoms with Crippen molar-refractivity contribution < 1.29 is 0 Å². The average Bonchev–Trinajstić information content (AvgIpc) is 2.75. The predicted octanol–water partition coefficient (Wildman–Crippen LogP) is 5.29. The second-order valence-electron chi connectivity index (χ2n) is 4.28. The van der Waals surface area contributed by atoms with Crippen LogP contribution in [0.1, 0.15) is 36.8 Å². The van der Waals surface area contributed by atoms with Gasteiger partial charge in [-0.25, -0.2) is 4.98 Å². The molecule has 2 rings (SSSR count). The van der Waals surface area contributed by atoms with Crippen molar-refractivity contribution in [2.75, 3.05) is 0 Å². The van der Waals surface area contributed by atoms with Gasteiger partial charge in [0, 0.05) is 11.2 Å². The van der Waals surface area contributed by atoms with Crippen LogP contribution in [-0.4, -0.2) is 4.98 Å². The van der Waals surface area contributed by atoms with Gasteiger partial charge in [0.15, 0.2) is 0 Å². The third-order valence-electron chi connectivity index (χ3n) is 3.05. The molecule has 90 valence electrons. The maximum Gasteiger partial charge on any atom is 0.0900 e. The number of rotatable bonds is 3. The van der Waals surface area contributed by atoms with Gasteiger partial charge in [0.25, 0.3) is 0 Å². The van der Waals surface area contributed by atoms with Gasteiger partial charge in [0.05, 0.1) is 9.88 Å². The molecule has 0 aliphatic heterocycles. The van der Waals surface area contributed by atoms with Crippen LogP contribution in [0.25, 0.3) is 10.4 Å². The van der Waals surface area contributed by atoms with Crippen LogP contribution in [0.2, 0.25) is 5.02 Å². The molecule has 0 aliphatic carbocycles. The van der Waals surface area contributed by atoms with Crippen molar-refractivity contribution in [1.29, 1.82) is 0 Å². The van der Waals surface area contributed by atoms with E-state index in [0.29, 0.717) is 5.92 Å². The van der Waals surface area contributed by atoms with Gasteiger partial charge in [-0.05, 0) is 42.5 Å². The minimum Gasteiger partial charge on any atom is -0.249 e. The van der Waals surface area contributed by atoms with Crippen molar-refractivity contribution in [2.24, 2.45) is 0 Å². The molecule has 0 saturated carbocycles. The predicted molar refractivity (Wildman–Crippen MR) is 76.0 cm³/mol. The zero-order valence-corrected chi connectivity index (χ0v) is 11.9. The molecule has 1 aromatic heterocycles.